The lowest BCUT2D eigenvalue weighted by molar-refractivity contribution is -0.0284. The highest BCUT2D eigenvalue weighted by Gasteiger charge is 2.25. The minimum absolute atomic E-state index is 0.192. The summed E-state index contributed by atoms with van der Waals surface area (Å²) < 4.78 is 24.4. The van der Waals surface area contributed by atoms with Crippen LogP contribution in [0.2, 0.25) is 0 Å². The molecule has 0 amide bonds. The number of hydroxylamine groups is 1. The first-order valence-electron chi connectivity index (χ1n) is 5.50. The number of hydrogen-bond donors (Lipinski definition) is 1. The molecule has 0 saturated carbocycles. The van der Waals surface area contributed by atoms with Crippen LogP contribution in [0, 0.1) is 0 Å². The van der Waals surface area contributed by atoms with Crippen molar-refractivity contribution < 1.29 is 13.3 Å². The number of sulfonamides is 1. The van der Waals surface area contributed by atoms with Crippen LogP contribution in [0.1, 0.15) is 32.1 Å². The number of hydrogen-bond acceptors (Lipinski definition) is 4. The van der Waals surface area contributed by atoms with Gasteiger partial charge in [-0.25, -0.2) is 8.42 Å². The number of rotatable bonds is 7. The Balaban J connectivity index is 2.18. The summed E-state index contributed by atoms with van der Waals surface area (Å²) in [6.45, 7) is 1.71. The molecule has 0 aromatic carbocycles. The standard InChI is InChI=1S/C9H20N2O3S/c10-6-3-1-2-4-9-15(12,13)11-7-5-8-14-11/h1-10H2. The fourth-order valence-electron chi connectivity index (χ4n) is 1.53. The number of unbranched alkanes of at least 4 members (excludes halogenated alkanes) is 3. The van der Waals surface area contributed by atoms with Gasteiger partial charge in [0, 0.05) is 6.54 Å². The van der Waals surface area contributed by atoms with E-state index in [2.05, 4.69) is 0 Å². The Morgan fingerprint density at radius 1 is 1.20 bits per heavy atom. The molecular weight excluding hydrogens is 216 g/mol. The summed E-state index contributed by atoms with van der Waals surface area (Å²) in [7, 11) is -3.17. The van der Waals surface area contributed by atoms with E-state index in [9.17, 15) is 8.42 Å². The van der Waals surface area contributed by atoms with Gasteiger partial charge < -0.3 is 5.73 Å². The van der Waals surface area contributed by atoms with Crippen molar-refractivity contribution in [2.24, 2.45) is 5.73 Å². The van der Waals surface area contributed by atoms with Crippen LogP contribution in [0.15, 0.2) is 0 Å². The number of nitrogens with two attached hydrogens (primary N) is 1. The van der Waals surface area contributed by atoms with Crippen molar-refractivity contribution in [3.63, 3.8) is 0 Å². The van der Waals surface area contributed by atoms with Gasteiger partial charge in [0.05, 0.1) is 12.4 Å². The lowest BCUT2D eigenvalue weighted by atomic mass is 10.2. The van der Waals surface area contributed by atoms with Gasteiger partial charge in [0.15, 0.2) is 0 Å². The van der Waals surface area contributed by atoms with Crippen molar-refractivity contribution in [1.29, 1.82) is 0 Å². The van der Waals surface area contributed by atoms with E-state index in [1.54, 1.807) is 0 Å². The molecule has 6 heteroatoms. The summed E-state index contributed by atoms with van der Waals surface area (Å²) in [5.41, 5.74) is 5.35. The quantitative estimate of drug-likeness (QED) is 0.652. The number of nitrogens with zero attached hydrogens (tertiary/aromatic N) is 1. The molecule has 0 aliphatic carbocycles. The van der Waals surface area contributed by atoms with Crippen molar-refractivity contribution in [3.8, 4) is 0 Å². The Kier molecular flexibility index (Phi) is 5.52. The van der Waals surface area contributed by atoms with Crippen LogP contribution in [0.3, 0.4) is 0 Å². The van der Waals surface area contributed by atoms with Crippen LogP contribution in [-0.4, -0.2) is 38.3 Å². The van der Waals surface area contributed by atoms with Gasteiger partial charge >= 0.3 is 0 Å². The molecule has 1 aliphatic heterocycles. The van der Waals surface area contributed by atoms with E-state index < -0.39 is 10.0 Å². The molecule has 1 heterocycles. The Hall–Kier alpha value is -0.170. The van der Waals surface area contributed by atoms with Crippen molar-refractivity contribution in [2.45, 2.75) is 32.1 Å². The van der Waals surface area contributed by atoms with Crippen molar-refractivity contribution in [1.82, 2.24) is 4.47 Å². The van der Waals surface area contributed by atoms with E-state index in [4.69, 9.17) is 10.6 Å². The highest BCUT2D eigenvalue weighted by molar-refractivity contribution is 7.88. The van der Waals surface area contributed by atoms with Gasteiger partial charge in [-0.15, -0.1) is 0 Å². The normalized spacial score (nSPS) is 18.5. The molecule has 0 bridgehead atoms. The predicted octanol–water partition coefficient (Wildman–Crippen LogP) is 0.473. The molecular formula is C9H20N2O3S. The van der Waals surface area contributed by atoms with Gasteiger partial charge in [-0.2, -0.15) is 0 Å². The second-order valence-electron chi connectivity index (χ2n) is 3.73. The lowest BCUT2D eigenvalue weighted by Crippen LogP contribution is -2.29. The van der Waals surface area contributed by atoms with Crippen LogP contribution >= 0.6 is 0 Å². The average Bonchev–Trinajstić information content (AvgIpc) is 2.70. The summed E-state index contributed by atoms with van der Waals surface area (Å²) in [5.74, 6) is 0.192. The third kappa shape index (κ3) is 4.46. The maximum atomic E-state index is 11.6. The molecule has 0 spiro atoms. The van der Waals surface area contributed by atoms with Gasteiger partial charge in [0.25, 0.3) is 0 Å². The summed E-state index contributed by atoms with van der Waals surface area (Å²) in [5, 5.41) is 0. The van der Waals surface area contributed by atoms with E-state index in [1.807, 2.05) is 0 Å². The topological polar surface area (TPSA) is 72.6 Å². The molecule has 1 fully saturated rings. The Morgan fingerprint density at radius 3 is 2.53 bits per heavy atom. The first-order valence-corrected chi connectivity index (χ1v) is 7.11. The SMILES string of the molecule is NCCCCCCS(=O)(=O)N1CCCO1. The summed E-state index contributed by atoms with van der Waals surface area (Å²) >= 11 is 0. The van der Waals surface area contributed by atoms with Crippen LogP contribution < -0.4 is 5.73 Å². The maximum absolute atomic E-state index is 11.6. The molecule has 1 rings (SSSR count). The molecule has 2 N–H and O–H groups in total. The Bertz CT molecular complexity index is 261. The maximum Gasteiger partial charge on any atom is 0.236 e. The van der Waals surface area contributed by atoms with E-state index >= 15 is 0 Å². The molecule has 0 aromatic rings. The molecule has 0 unspecified atom stereocenters. The van der Waals surface area contributed by atoms with Crippen molar-refractivity contribution >= 4 is 10.0 Å². The largest absolute Gasteiger partial charge is 0.330 e. The molecule has 5 nitrogen and oxygen atoms in total. The second-order valence-corrected chi connectivity index (χ2v) is 5.71. The zero-order chi connectivity index (χ0) is 11.1. The van der Waals surface area contributed by atoms with Gasteiger partial charge in [-0.3, -0.25) is 4.84 Å². The van der Waals surface area contributed by atoms with E-state index in [0.717, 1.165) is 30.2 Å². The van der Waals surface area contributed by atoms with E-state index in [1.165, 1.54) is 0 Å². The zero-order valence-electron chi connectivity index (χ0n) is 9.02. The lowest BCUT2D eigenvalue weighted by Gasteiger charge is -2.13. The first-order chi connectivity index (χ1) is 7.17. The van der Waals surface area contributed by atoms with Crippen molar-refractivity contribution in [2.75, 3.05) is 25.4 Å². The molecule has 1 saturated heterocycles. The summed E-state index contributed by atoms with van der Waals surface area (Å²) in [6, 6.07) is 0. The fraction of sp³-hybridized carbons (Fsp3) is 1.00. The predicted molar refractivity (Wildman–Crippen MR) is 58.6 cm³/mol. The van der Waals surface area contributed by atoms with E-state index in [0.29, 0.717) is 26.1 Å². The molecule has 0 atom stereocenters. The van der Waals surface area contributed by atoms with Gasteiger partial charge in [0.2, 0.25) is 10.0 Å². The minimum Gasteiger partial charge on any atom is -0.330 e. The van der Waals surface area contributed by atoms with Crippen LogP contribution in [0.25, 0.3) is 0 Å². The second kappa shape index (κ2) is 6.42. The molecule has 1 aliphatic rings. The van der Waals surface area contributed by atoms with Gasteiger partial charge in [-0.05, 0) is 25.8 Å². The molecule has 15 heavy (non-hydrogen) atoms. The van der Waals surface area contributed by atoms with Crippen LogP contribution in [-0.2, 0) is 14.9 Å². The van der Waals surface area contributed by atoms with Gasteiger partial charge in [-0.1, -0.05) is 17.3 Å². The van der Waals surface area contributed by atoms with Gasteiger partial charge in [0.1, 0.15) is 0 Å². The zero-order valence-corrected chi connectivity index (χ0v) is 9.84. The Labute approximate surface area is 91.6 Å². The molecule has 0 aromatic heterocycles. The average molecular weight is 236 g/mol. The van der Waals surface area contributed by atoms with Crippen LogP contribution in [0.4, 0.5) is 0 Å². The fourth-order valence-corrected chi connectivity index (χ4v) is 2.94. The Morgan fingerprint density at radius 2 is 1.93 bits per heavy atom. The smallest absolute Gasteiger partial charge is 0.236 e. The third-order valence-corrected chi connectivity index (χ3v) is 4.10. The van der Waals surface area contributed by atoms with E-state index in [-0.39, 0.29) is 5.75 Å². The highest BCUT2D eigenvalue weighted by atomic mass is 32.2. The third-order valence-electron chi connectivity index (χ3n) is 2.39. The summed E-state index contributed by atoms with van der Waals surface area (Å²) in [4.78, 5) is 5.02. The summed E-state index contributed by atoms with van der Waals surface area (Å²) in [6.07, 6.45) is 4.39. The molecule has 0 radical (unpaired) electrons. The monoisotopic (exact) mass is 236 g/mol. The minimum atomic E-state index is -3.17. The molecule has 90 valence electrons. The first kappa shape index (κ1) is 12.9. The van der Waals surface area contributed by atoms with Crippen LogP contribution in [0.5, 0.6) is 0 Å². The highest BCUT2D eigenvalue weighted by Crippen LogP contribution is 2.13. The van der Waals surface area contributed by atoms with Crippen molar-refractivity contribution in [3.05, 3.63) is 0 Å².